The molecule has 0 unspecified atom stereocenters. The molecular weight excluding hydrogens is 352 g/mol. The van der Waals surface area contributed by atoms with Crippen LogP contribution in [0.2, 0.25) is 0 Å². The molecule has 0 heterocycles. The molecule has 6 nitrogen and oxygen atoms in total. The van der Waals surface area contributed by atoms with Crippen LogP contribution in [0.3, 0.4) is 0 Å². The lowest BCUT2D eigenvalue weighted by atomic mass is 9.51. The van der Waals surface area contributed by atoms with E-state index in [0.29, 0.717) is 17.7 Å². The molecule has 0 aliphatic heterocycles. The second-order valence-corrected chi connectivity index (χ2v) is 9.29. The van der Waals surface area contributed by atoms with Crippen molar-refractivity contribution in [3.8, 4) is 6.07 Å². The van der Waals surface area contributed by atoms with E-state index in [1.54, 1.807) is 24.3 Å². The number of benzene rings is 1. The highest BCUT2D eigenvalue weighted by molar-refractivity contribution is 7.91. The van der Waals surface area contributed by atoms with Crippen molar-refractivity contribution < 1.29 is 17.9 Å². The number of sulfone groups is 1. The first kappa shape index (κ1) is 18.9. The Labute approximate surface area is 154 Å². The molecule has 0 radical (unpaired) electrons. The van der Waals surface area contributed by atoms with Crippen LogP contribution in [-0.4, -0.2) is 38.8 Å². The van der Waals surface area contributed by atoms with Gasteiger partial charge in [0.15, 0.2) is 9.84 Å². The first-order chi connectivity index (χ1) is 12.4. The maximum Gasteiger partial charge on any atom is 0.235 e. The number of ether oxygens (including phenoxy) is 1. The van der Waals surface area contributed by atoms with Crippen molar-refractivity contribution in [2.24, 2.45) is 5.41 Å². The van der Waals surface area contributed by atoms with Crippen molar-refractivity contribution >= 4 is 15.7 Å². The van der Waals surface area contributed by atoms with Gasteiger partial charge in [-0.15, -0.1) is 0 Å². The molecule has 1 aromatic rings. The zero-order chi connectivity index (χ0) is 18.8. The fourth-order valence-electron chi connectivity index (χ4n) is 4.06. The smallest absolute Gasteiger partial charge is 0.235 e. The van der Waals surface area contributed by atoms with Gasteiger partial charge in [-0.05, 0) is 43.9 Å². The van der Waals surface area contributed by atoms with Crippen LogP contribution in [0.1, 0.15) is 43.7 Å². The molecule has 1 aromatic carbocycles. The Kier molecular flexibility index (Phi) is 5.35. The normalized spacial score (nSPS) is 23.5. The molecule has 1 amide bonds. The quantitative estimate of drug-likeness (QED) is 0.784. The third-order valence-corrected chi connectivity index (χ3v) is 7.07. The molecule has 2 aliphatic carbocycles. The van der Waals surface area contributed by atoms with Crippen molar-refractivity contribution in [1.29, 1.82) is 5.26 Å². The molecule has 1 N–H and O–H groups in total. The molecule has 0 aromatic heterocycles. The molecule has 2 atom stereocenters. The molecule has 140 valence electrons. The lowest BCUT2D eigenvalue weighted by molar-refractivity contribution is -0.175. The summed E-state index contributed by atoms with van der Waals surface area (Å²) in [5.74, 6) is -1.16. The zero-order valence-electron chi connectivity index (χ0n) is 14.9. The van der Waals surface area contributed by atoms with Gasteiger partial charge in [0.05, 0.1) is 23.5 Å². The largest absolute Gasteiger partial charge is 0.378 e. The highest BCUT2D eigenvalue weighted by Crippen LogP contribution is 2.57. The Hall–Kier alpha value is -1.91. The summed E-state index contributed by atoms with van der Waals surface area (Å²) in [5.41, 5.74) is 1.07. The van der Waals surface area contributed by atoms with E-state index < -0.39 is 21.5 Å². The molecule has 1 spiro atoms. The molecule has 0 bridgehead atoms. The lowest BCUT2D eigenvalue weighted by Crippen LogP contribution is -2.68. The van der Waals surface area contributed by atoms with Crippen LogP contribution < -0.4 is 5.32 Å². The van der Waals surface area contributed by atoms with Crippen LogP contribution in [0.5, 0.6) is 0 Å². The standard InChI is InChI=1S/C19H24N2O4S/c1-2-25-17-10-16(19(17)8-3-9-19)21-18(22)13-26(23,24)12-15-6-4-14(11-20)5-7-15/h4-7,16-17H,2-3,8-10,12-13H2,1H3,(H,21,22)/t16-,17-/m1/s1. The van der Waals surface area contributed by atoms with Gasteiger partial charge < -0.3 is 10.1 Å². The van der Waals surface area contributed by atoms with E-state index in [1.807, 2.05) is 13.0 Å². The van der Waals surface area contributed by atoms with Gasteiger partial charge in [0.25, 0.3) is 0 Å². The number of nitriles is 1. The predicted octanol–water partition coefficient (Wildman–Crippen LogP) is 1.94. The number of carbonyl (C=O) groups excluding carboxylic acids is 1. The third kappa shape index (κ3) is 3.76. The minimum Gasteiger partial charge on any atom is -0.378 e. The SMILES string of the molecule is CCO[C@@H]1C[C@@H](NC(=O)CS(=O)(=O)Cc2ccc(C#N)cc2)C12CCC2. The van der Waals surface area contributed by atoms with Gasteiger partial charge in [-0.1, -0.05) is 18.6 Å². The van der Waals surface area contributed by atoms with Gasteiger partial charge in [0.2, 0.25) is 5.91 Å². The average molecular weight is 376 g/mol. The second kappa shape index (κ2) is 7.37. The van der Waals surface area contributed by atoms with E-state index >= 15 is 0 Å². The summed E-state index contributed by atoms with van der Waals surface area (Å²) in [6.07, 6.45) is 4.13. The van der Waals surface area contributed by atoms with Crippen LogP contribution in [0, 0.1) is 16.7 Å². The molecule has 3 rings (SSSR count). The van der Waals surface area contributed by atoms with E-state index in [1.165, 1.54) is 0 Å². The van der Waals surface area contributed by atoms with Crippen LogP contribution in [0.4, 0.5) is 0 Å². The first-order valence-corrected chi connectivity index (χ1v) is 10.8. The van der Waals surface area contributed by atoms with Crippen molar-refractivity contribution in [3.63, 3.8) is 0 Å². The van der Waals surface area contributed by atoms with Gasteiger partial charge in [-0.2, -0.15) is 5.26 Å². The van der Waals surface area contributed by atoms with Crippen molar-refractivity contribution in [2.45, 2.75) is 50.5 Å². The number of rotatable bonds is 7. The van der Waals surface area contributed by atoms with E-state index in [0.717, 1.165) is 25.7 Å². The van der Waals surface area contributed by atoms with Crippen molar-refractivity contribution in [1.82, 2.24) is 5.32 Å². The Balaban J connectivity index is 1.55. The highest BCUT2D eigenvalue weighted by Gasteiger charge is 2.59. The van der Waals surface area contributed by atoms with E-state index in [-0.39, 0.29) is 23.3 Å². The summed E-state index contributed by atoms with van der Waals surface area (Å²) < 4.78 is 30.4. The van der Waals surface area contributed by atoms with Crippen LogP contribution in [0.15, 0.2) is 24.3 Å². The van der Waals surface area contributed by atoms with Gasteiger partial charge >= 0.3 is 0 Å². The fourth-order valence-corrected chi connectivity index (χ4v) is 5.34. The monoisotopic (exact) mass is 376 g/mol. The summed E-state index contributed by atoms with van der Waals surface area (Å²) in [5, 5.41) is 11.7. The predicted molar refractivity (Wildman–Crippen MR) is 96.9 cm³/mol. The molecule has 2 saturated carbocycles. The lowest BCUT2D eigenvalue weighted by Gasteiger charge is -2.61. The summed E-state index contributed by atoms with van der Waals surface area (Å²) in [6, 6.07) is 8.38. The summed E-state index contributed by atoms with van der Waals surface area (Å²) in [4.78, 5) is 12.3. The molecule has 2 fully saturated rings. The maximum atomic E-state index is 12.3. The second-order valence-electron chi connectivity index (χ2n) is 7.23. The summed E-state index contributed by atoms with van der Waals surface area (Å²) >= 11 is 0. The summed E-state index contributed by atoms with van der Waals surface area (Å²) in [6.45, 7) is 2.63. The maximum absolute atomic E-state index is 12.3. The molecule has 7 heteroatoms. The molecule has 0 saturated heterocycles. The van der Waals surface area contributed by atoms with Crippen molar-refractivity contribution in [2.75, 3.05) is 12.4 Å². The minimum atomic E-state index is -3.56. The number of hydrogen-bond donors (Lipinski definition) is 1. The minimum absolute atomic E-state index is 0.0164. The number of nitrogens with zero attached hydrogens (tertiary/aromatic N) is 1. The number of nitrogens with one attached hydrogen (secondary N) is 1. The van der Waals surface area contributed by atoms with Gasteiger partial charge in [0.1, 0.15) is 5.75 Å². The van der Waals surface area contributed by atoms with Gasteiger partial charge in [-0.3, -0.25) is 4.79 Å². The highest BCUT2D eigenvalue weighted by atomic mass is 32.2. The topological polar surface area (TPSA) is 96.3 Å². The Morgan fingerprint density at radius 2 is 2.04 bits per heavy atom. The van der Waals surface area contributed by atoms with E-state index in [9.17, 15) is 13.2 Å². The van der Waals surface area contributed by atoms with E-state index in [4.69, 9.17) is 10.00 Å². The van der Waals surface area contributed by atoms with Gasteiger partial charge in [0, 0.05) is 18.1 Å². The Morgan fingerprint density at radius 1 is 1.35 bits per heavy atom. The first-order valence-electron chi connectivity index (χ1n) is 8.99. The van der Waals surface area contributed by atoms with Crippen LogP contribution in [0.25, 0.3) is 0 Å². The van der Waals surface area contributed by atoms with Crippen LogP contribution >= 0.6 is 0 Å². The van der Waals surface area contributed by atoms with Crippen molar-refractivity contribution in [3.05, 3.63) is 35.4 Å². The molecule has 2 aliphatic rings. The number of carbonyl (C=O) groups is 1. The van der Waals surface area contributed by atoms with E-state index in [2.05, 4.69) is 5.32 Å². The molecule has 26 heavy (non-hydrogen) atoms. The van der Waals surface area contributed by atoms with Gasteiger partial charge in [-0.25, -0.2) is 8.42 Å². The number of hydrogen-bond acceptors (Lipinski definition) is 5. The van der Waals surface area contributed by atoms with Crippen LogP contribution in [-0.2, 0) is 25.1 Å². The fraction of sp³-hybridized carbons (Fsp3) is 0.579. The zero-order valence-corrected chi connectivity index (χ0v) is 15.7. The number of amides is 1. The molecular formula is C19H24N2O4S. The Morgan fingerprint density at radius 3 is 2.58 bits per heavy atom. The Bertz CT molecular complexity index is 807. The summed E-state index contributed by atoms with van der Waals surface area (Å²) in [7, 11) is -3.56. The average Bonchev–Trinajstić information content (AvgIpc) is 2.52. The third-order valence-electron chi connectivity index (χ3n) is 5.59.